The van der Waals surface area contributed by atoms with E-state index in [9.17, 15) is 9.90 Å². The molecule has 0 amide bonds. The Bertz CT molecular complexity index is 1420. The van der Waals surface area contributed by atoms with Gasteiger partial charge in [-0.25, -0.2) is 9.79 Å². The van der Waals surface area contributed by atoms with Crippen LogP contribution in [0.25, 0.3) is 6.08 Å². The second kappa shape index (κ2) is 12.9. The van der Waals surface area contributed by atoms with Crippen molar-refractivity contribution in [3.05, 3.63) is 104 Å². The first kappa shape index (κ1) is 27.6. The number of ether oxygens (including phenoxy) is 3. The van der Waals surface area contributed by atoms with Crippen LogP contribution in [-0.2, 0) is 16.1 Å². The standard InChI is InChI=1S/C29H25Cl2NO5S/c1-3-35-24-15-18(11-13-23(24)37-17-19-10-12-21(30)22(31)14-19)16-25-27(33)26(29(34)36-4-2)28(38-25)32-20-8-6-5-7-9-20/h5-16,33H,3-4,17H2,1-2H3/b25-16-,32-28?. The molecule has 9 heteroatoms. The number of hydrogen-bond acceptors (Lipinski definition) is 7. The molecule has 0 fully saturated rings. The summed E-state index contributed by atoms with van der Waals surface area (Å²) in [5, 5.41) is 12.3. The number of para-hydroxylation sites is 1. The number of hydrogen-bond donors (Lipinski definition) is 1. The number of aliphatic imine (C=N–C) groups is 1. The summed E-state index contributed by atoms with van der Waals surface area (Å²) in [5.74, 6) is 0.285. The fourth-order valence-corrected chi connectivity index (χ4v) is 4.91. The third kappa shape index (κ3) is 6.72. The van der Waals surface area contributed by atoms with Crippen LogP contribution < -0.4 is 9.47 Å². The minimum atomic E-state index is -0.628. The normalized spacial score (nSPS) is 15.3. The van der Waals surface area contributed by atoms with Crippen molar-refractivity contribution in [1.29, 1.82) is 0 Å². The van der Waals surface area contributed by atoms with Crippen molar-refractivity contribution >= 4 is 57.7 Å². The van der Waals surface area contributed by atoms with Crippen molar-refractivity contribution in [3.63, 3.8) is 0 Å². The van der Waals surface area contributed by atoms with E-state index in [0.717, 1.165) is 11.1 Å². The van der Waals surface area contributed by atoms with E-state index in [0.29, 0.717) is 43.8 Å². The third-order valence-electron chi connectivity index (χ3n) is 5.30. The van der Waals surface area contributed by atoms with Gasteiger partial charge < -0.3 is 19.3 Å². The molecule has 3 aromatic rings. The zero-order valence-corrected chi connectivity index (χ0v) is 23.1. The van der Waals surface area contributed by atoms with Gasteiger partial charge in [0, 0.05) is 0 Å². The Labute approximate surface area is 235 Å². The Morgan fingerprint density at radius 3 is 2.45 bits per heavy atom. The van der Waals surface area contributed by atoms with Gasteiger partial charge in [0.25, 0.3) is 0 Å². The highest BCUT2D eigenvalue weighted by molar-refractivity contribution is 8.18. The number of nitrogens with zero attached hydrogens (tertiary/aromatic N) is 1. The number of thioether (sulfide) groups is 1. The molecule has 0 atom stereocenters. The zero-order valence-electron chi connectivity index (χ0n) is 20.7. The maximum absolute atomic E-state index is 12.7. The summed E-state index contributed by atoms with van der Waals surface area (Å²) >= 11 is 13.3. The van der Waals surface area contributed by atoms with Crippen LogP contribution >= 0.6 is 35.0 Å². The van der Waals surface area contributed by atoms with Crippen LogP contribution in [0.1, 0.15) is 25.0 Å². The summed E-state index contributed by atoms with van der Waals surface area (Å²) in [7, 11) is 0. The Hall–Kier alpha value is -3.39. The highest BCUT2D eigenvalue weighted by Gasteiger charge is 2.33. The number of aliphatic hydroxyl groups is 1. The number of carbonyl (C=O) groups excluding carboxylic acids is 1. The van der Waals surface area contributed by atoms with Crippen molar-refractivity contribution in [2.24, 2.45) is 4.99 Å². The molecule has 0 saturated heterocycles. The number of aliphatic hydroxyl groups excluding tert-OH is 1. The van der Waals surface area contributed by atoms with Crippen LogP contribution in [0.2, 0.25) is 10.0 Å². The van der Waals surface area contributed by atoms with Crippen LogP contribution in [0.5, 0.6) is 11.5 Å². The van der Waals surface area contributed by atoms with Gasteiger partial charge in [-0.15, -0.1) is 0 Å². The third-order valence-corrected chi connectivity index (χ3v) is 7.06. The van der Waals surface area contributed by atoms with Gasteiger partial charge >= 0.3 is 5.97 Å². The maximum atomic E-state index is 12.7. The minimum absolute atomic E-state index is 0.0403. The van der Waals surface area contributed by atoms with Crippen LogP contribution in [0.3, 0.4) is 0 Å². The first-order valence-corrected chi connectivity index (χ1v) is 13.4. The lowest BCUT2D eigenvalue weighted by Gasteiger charge is -2.13. The average molecular weight is 570 g/mol. The van der Waals surface area contributed by atoms with Gasteiger partial charge in [0.2, 0.25) is 0 Å². The topological polar surface area (TPSA) is 77.4 Å². The molecule has 1 aliphatic rings. The number of benzene rings is 3. The molecule has 3 aromatic carbocycles. The Balaban J connectivity index is 1.62. The van der Waals surface area contributed by atoms with E-state index in [-0.39, 0.29) is 24.5 Å². The fraction of sp³-hybridized carbons (Fsp3) is 0.172. The highest BCUT2D eigenvalue weighted by atomic mass is 35.5. The van der Waals surface area contributed by atoms with Crippen molar-refractivity contribution < 1.29 is 24.1 Å². The van der Waals surface area contributed by atoms with Crippen LogP contribution in [0.15, 0.2) is 88.0 Å². The van der Waals surface area contributed by atoms with E-state index in [1.54, 1.807) is 31.2 Å². The Morgan fingerprint density at radius 1 is 0.947 bits per heavy atom. The fourth-order valence-electron chi connectivity index (χ4n) is 3.56. The average Bonchev–Trinajstić information content (AvgIpc) is 3.20. The van der Waals surface area contributed by atoms with Gasteiger partial charge in [-0.2, -0.15) is 0 Å². The quantitative estimate of drug-likeness (QED) is 0.262. The van der Waals surface area contributed by atoms with Crippen molar-refractivity contribution in [3.8, 4) is 11.5 Å². The van der Waals surface area contributed by atoms with Crippen LogP contribution in [0.4, 0.5) is 5.69 Å². The summed E-state index contributed by atoms with van der Waals surface area (Å²) in [6, 6.07) is 20.0. The predicted octanol–water partition coefficient (Wildman–Crippen LogP) is 8.16. The molecule has 1 aliphatic heterocycles. The molecule has 0 unspecified atom stereocenters. The molecular formula is C29H25Cl2NO5S. The summed E-state index contributed by atoms with van der Waals surface area (Å²) in [4.78, 5) is 17.7. The molecule has 196 valence electrons. The molecule has 0 bridgehead atoms. The van der Waals surface area contributed by atoms with Gasteiger partial charge in [-0.1, -0.05) is 65.3 Å². The van der Waals surface area contributed by atoms with E-state index < -0.39 is 5.97 Å². The summed E-state index contributed by atoms with van der Waals surface area (Å²) in [6.07, 6.45) is 1.76. The van der Waals surface area contributed by atoms with Crippen molar-refractivity contribution in [1.82, 2.24) is 0 Å². The number of halogens is 2. The second-order valence-corrected chi connectivity index (χ2v) is 9.83. The molecule has 6 nitrogen and oxygen atoms in total. The van der Waals surface area contributed by atoms with Crippen LogP contribution in [-0.4, -0.2) is 29.3 Å². The van der Waals surface area contributed by atoms with E-state index >= 15 is 0 Å². The number of esters is 1. The van der Waals surface area contributed by atoms with Gasteiger partial charge in [-0.3, -0.25) is 0 Å². The largest absolute Gasteiger partial charge is 0.506 e. The first-order valence-electron chi connectivity index (χ1n) is 11.9. The molecule has 0 radical (unpaired) electrons. The maximum Gasteiger partial charge on any atom is 0.344 e. The predicted molar refractivity (Wildman–Crippen MR) is 154 cm³/mol. The zero-order chi connectivity index (χ0) is 27.1. The highest BCUT2D eigenvalue weighted by Crippen LogP contribution is 2.41. The van der Waals surface area contributed by atoms with E-state index in [4.69, 9.17) is 37.4 Å². The SMILES string of the molecule is CCOC(=O)C1=C(O)/C(=C/c2ccc(OCc3ccc(Cl)c(Cl)c3)c(OCC)c2)SC1=Nc1ccccc1. The van der Waals surface area contributed by atoms with Crippen LogP contribution in [0, 0.1) is 0 Å². The first-order chi connectivity index (χ1) is 18.4. The Kier molecular flexibility index (Phi) is 9.39. The lowest BCUT2D eigenvalue weighted by Crippen LogP contribution is -2.12. The molecule has 0 aliphatic carbocycles. The lowest BCUT2D eigenvalue weighted by atomic mass is 10.1. The molecule has 1 N–H and O–H groups in total. The number of rotatable bonds is 9. The summed E-state index contributed by atoms with van der Waals surface area (Å²) in [6.45, 7) is 4.48. The van der Waals surface area contributed by atoms with Crippen molar-refractivity contribution in [2.45, 2.75) is 20.5 Å². The summed E-state index contributed by atoms with van der Waals surface area (Å²) in [5.41, 5.74) is 2.31. The lowest BCUT2D eigenvalue weighted by molar-refractivity contribution is -0.138. The van der Waals surface area contributed by atoms with E-state index in [1.807, 2.05) is 55.5 Å². The second-order valence-electron chi connectivity index (χ2n) is 7.98. The van der Waals surface area contributed by atoms with Crippen molar-refractivity contribution in [2.75, 3.05) is 13.2 Å². The smallest absolute Gasteiger partial charge is 0.344 e. The van der Waals surface area contributed by atoms with Gasteiger partial charge in [-0.05, 0) is 67.4 Å². The molecule has 38 heavy (non-hydrogen) atoms. The van der Waals surface area contributed by atoms with E-state index in [1.165, 1.54) is 11.8 Å². The molecular weight excluding hydrogens is 545 g/mol. The molecule has 4 rings (SSSR count). The molecule has 0 spiro atoms. The molecule has 0 saturated carbocycles. The number of carbonyl (C=O) groups is 1. The van der Waals surface area contributed by atoms with E-state index in [2.05, 4.69) is 4.99 Å². The monoisotopic (exact) mass is 569 g/mol. The Morgan fingerprint density at radius 2 is 1.74 bits per heavy atom. The molecule has 0 aromatic heterocycles. The van der Waals surface area contributed by atoms with Gasteiger partial charge in [0.1, 0.15) is 23.0 Å². The van der Waals surface area contributed by atoms with Gasteiger partial charge in [0.05, 0.1) is 33.9 Å². The summed E-state index contributed by atoms with van der Waals surface area (Å²) < 4.78 is 17.0. The molecule has 1 heterocycles. The minimum Gasteiger partial charge on any atom is -0.506 e. The van der Waals surface area contributed by atoms with Gasteiger partial charge in [0.15, 0.2) is 11.5 Å².